The molecule has 0 unspecified atom stereocenters. The summed E-state index contributed by atoms with van der Waals surface area (Å²) in [6, 6.07) is 11.9. The minimum Gasteiger partial charge on any atom is -0.352 e. The van der Waals surface area contributed by atoms with Crippen LogP contribution in [-0.2, 0) is 0 Å². The number of carbonyl (C=O) groups is 2. The molecule has 0 aliphatic carbocycles. The maximum Gasteiger partial charge on any atom is 0.255 e. The van der Waals surface area contributed by atoms with Crippen LogP contribution in [0.2, 0.25) is 0 Å². The van der Waals surface area contributed by atoms with Gasteiger partial charge in [0.15, 0.2) is 0 Å². The average molecular weight is 366 g/mol. The molecule has 8 heteroatoms. The number of nitrogens with zero attached hydrogens (tertiary/aromatic N) is 3. The van der Waals surface area contributed by atoms with Crippen LogP contribution in [0.1, 0.15) is 27.1 Å². The van der Waals surface area contributed by atoms with E-state index in [1.165, 1.54) is 0 Å². The van der Waals surface area contributed by atoms with Crippen LogP contribution in [0, 0.1) is 0 Å². The monoisotopic (exact) mass is 366 g/mol. The molecule has 0 saturated carbocycles. The van der Waals surface area contributed by atoms with E-state index in [4.69, 9.17) is 0 Å². The summed E-state index contributed by atoms with van der Waals surface area (Å²) in [4.78, 5) is 26.6. The third-order valence-corrected chi connectivity index (χ3v) is 4.05. The van der Waals surface area contributed by atoms with Gasteiger partial charge in [0.1, 0.15) is 11.0 Å². The fraction of sp³-hybridized carbons (Fsp3) is 0.263. The summed E-state index contributed by atoms with van der Waals surface area (Å²) in [5.41, 5.74) is 2.99. The van der Waals surface area contributed by atoms with Crippen molar-refractivity contribution in [1.29, 1.82) is 0 Å². The number of nitrogens with one attached hydrogen (secondary N) is 3. The van der Waals surface area contributed by atoms with Gasteiger partial charge in [0.05, 0.1) is 0 Å². The molecule has 27 heavy (non-hydrogen) atoms. The van der Waals surface area contributed by atoms with E-state index in [0.717, 1.165) is 13.0 Å². The summed E-state index contributed by atoms with van der Waals surface area (Å²) >= 11 is 0. The minimum atomic E-state index is -0.249. The number of hydrogen-bond donors (Lipinski definition) is 3. The molecule has 0 fully saturated rings. The topological polar surface area (TPSA) is 103 Å². The van der Waals surface area contributed by atoms with Gasteiger partial charge in [0.2, 0.25) is 0 Å². The fourth-order valence-corrected chi connectivity index (χ4v) is 2.59. The highest BCUT2D eigenvalue weighted by Crippen LogP contribution is 2.14. The molecule has 0 spiro atoms. The van der Waals surface area contributed by atoms with Gasteiger partial charge in [-0.25, -0.2) is 0 Å². The van der Waals surface area contributed by atoms with Gasteiger partial charge >= 0.3 is 0 Å². The lowest BCUT2D eigenvalue weighted by Crippen LogP contribution is -2.27. The third kappa shape index (κ3) is 4.89. The van der Waals surface area contributed by atoms with Crippen molar-refractivity contribution in [2.45, 2.75) is 6.42 Å². The Morgan fingerprint density at radius 1 is 0.963 bits per heavy atom. The number of benzene rings is 2. The molecule has 140 valence electrons. The number of fused-ring (bicyclic) bond motifs is 1. The minimum absolute atomic E-state index is 0.122. The molecule has 1 aromatic heterocycles. The van der Waals surface area contributed by atoms with E-state index in [0.29, 0.717) is 34.4 Å². The van der Waals surface area contributed by atoms with Crippen molar-refractivity contribution in [3.63, 3.8) is 0 Å². The van der Waals surface area contributed by atoms with E-state index < -0.39 is 0 Å². The highest BCUT2D eigenvalue weighted by molar-refractivity contribution is 6.06. The largest absolute Gasteiger partial charge is 0.352 e. The predicted molar refractivity (Wildman–Crippen MR) is 104 cm³/mol. The molecule has 3 N–H and O–H groups in total. The van der Waals surface area contributed by atoms with E-state index in [2.05, 4.69) is 30.9 Å². The molecule has 2 aromatic carbocycles. The molecule has 3 aromatic rings. The standard InChI is InChI=1S/C19H22N6O2/c1-25(2)11-3-10-20-18(26)13-4-7-15(8-5-13)21-19(27)14-6-9-16-17(12-14)23-24-22-16/h4-9,12H,3,10-11H2,1-2H3,(H,20,26)(H,21,27)(H,22,23,24). The van der Waals surface area contributed by atoms with Crippen LogP contribution in [0.15, 0.2) is 42.5 Å². The zero-order valence-corrected chi connectivity index (χ0v) is 15.3. The van der Waals surface area contributed by atoms with E-state index >= 15 is 0 Å². The van der Waals surface area contributed by atoms with Crippen molar-refractivity contribution in [3.8, 4) is 0 Å². The number of aromatic amines is 1. The normalized spacial score (nSPS) is 10.9. The second kappa shape index (κ2) is 8.41. The second-order valence-corrected chi connectivity index (χ2v) is 6.47. The van der Waals surface area contributed by atoms with Crippen LogP contribution in [0.25, 0.3) is 11.0 Å². The second-order valence-electron chi connectivity index (χ2n) is 6.47. The number of aromatic nitrogens is 3. The number of amides is 2. The molecular formula is C19H22N6O2. The van der Waals surface area contributed by atoms with Crippen molar-refractivity contribution >= 4 is 28.5 Å². The first-order valence-electron chi connectivity index (χ1n) is 8.68. The first-order valence-corrected chi connectivity index (χ1v) is 8.68. The van der Waals surface area contributed by atoms with Crippen LogP contribution < -0.4 is 10.6 Å². The molecule has 0 aliphatic rings. The maximum atomic E-state index is 12.4. The van der Waals surface area contributed by atoms with Gasteiger partial charge in [-0.1, -0.05) is 0 Å². The van der Waals surface area contributed by atoms with Gasteiger partial charge < -0.3 is 15.5 Å². The lowest BCUT2D eigenvalue weighted by atomic mass is 10.1. The Balaban J connectivity index is 1.56. The Labute approximate surface area is 156 Å². The van der Waals surface area contributed by atoms with Gasteiger partial charge in [-0.2, -0.15) is 15.4 Å². The smallest absolute Gasteiger partial charge is 0.255 e. The Morgan fingerprint density at radius 2 is 1.67 bits per heavy atom. The van der Waals surface area contributed by atoms with Crippen molar-refractivity contribution in [3.05, 3.63) is 53.6 Å². The van der Waals surface area contributed by atoms with Crippen molar-refractivity contribution in [2.75, 3.05) is 32.5 Å². The van der Waals surface area contributed by atoms with Gasteiger partial charge in [-0.3, -0.25) is 9.59 Å². The maximum absolute atomic E-state index is 12.4. The van der Waals surface area contributed by atoms with Crippen molar-refractivity contribution < 1.29 is 9.59 Å². The number of hydrogen-bond acceptors (Lipinski definition) is 5. The molecule has 0 atom stereocenters. The predicted octanol–water partition coefficient (Wildman–Crippen LogP) is 1.89. The lowest BCUT2D eigenvalue weighted by molar-refractivity contribution is 0.0951. The Morgan fingerprint density at radius 3 is 2.41 bits per heavy atom. The number of anilines is 1. The highest BCUT2D eigenvalue weighted by Gasteiger charge is 2.10. The summed E-state index contributed by atoms with van der Waals surface area (Å²) < 4.78 is 0. The van der Waals surface area contributed by atoms with Crippen LogP contribution in [0.4, 0.5) is 5.69 Å². The lowest BCUT2D eigenvalue weighted by Gasteiger charge is -2.10. The average Bonchev–Trinajstić information content (AvgIpc) is 3.13. The fourth-order valence-electron chi connectivity index (χ4n) is 2.59. The van der Waals surface area contributed by atoms with E-state index in [1.807, 2.05) is 14.1 Å². The molecule has 1 heterocycles. The zero-order chi connectivity index (χ0) is 19.2. The van der Waals surface area contributed by atoms with E-state index in [1.54, 1.807) is 42.5 Å². The zero-order valence-electron chi connectivity index (χ0n) is 15.3. The Bertz CT molecular complexity index is 933. The van der Waals surface area contributed by atoms with Crippen LogP contribution in [-0.4, -0.2) is 59.3 Å². The summed E-state index contributed by atoms with van der Waals surface area (Å²) in [6.45, 7) is 1.55. The van der Waals surface area contributed by atoms with Crippen molar-refractivity contribution in [2.24, 2.45) is 0 Å². The summed E-state index contributed by atoms with van der Waals surface area (Å²) in [5, 5.41) is 16.2. The molecule has 0 bridgehead atoms. The third-order valence-electron chi connectivity index (χ3n) is 4.05. The number of H-pyrrole nitrogens is 1. The highest BCUT2D eigenvalue weighted by atomic mass is 16.2. The van der Waals surface area contributed by atoms with Crippen molar-refractivity contribution in [1.82, 2.24) is 25.6 Å². The molecule has 8 nitrogen and oxygen atoms in total. The first-order chi connectivity index (χ1) is 13.0. The van der Waals surface area contributed by atoms with Crippen LogP contribution >= 0.6 is 0 Å². The molecule has 0 saturated heterocycles. The molecule has 2 amide bonds. The summed E-state index contributed by atoms with van der Waals surface area (Å²) in [6.07, 6.45) is 0.892. The van der Waals surface area contributed by atoms with Crippen LogP contribution in [0.5, 0.6) is 0 Å². The Hall–Kier alpha value is -3.26. The summed E-state index contributed by atoms with van der Waals surface area (Å²) in [5.74, 6) is -0.371. The van der Waals surface area contributed by atoms with Gasteiger partial charge in [0.25, 0.3) is 11.8 Å². The van der Waals surface area contributed by atoms with Crippen LogP contribution in [0.3, 0.4) is 0 Å². The molecule has 0 aliphatic heterocycles. The van der Waals surface area contributed by atoms with E-state index in [-0.39, 0.29) is 11.8 Å². The summed E-state index contributed by atoms with van der Waals surface area (Å²) in [7, 11) is 4.00. The first kappa shape index (κ1) is 18.5. The number of rotatable bonds is 7. The quantitative estimate of drug-likeness (QED) is 0.554. The van der Waals surface area contributed by atoms with E-state index in [9.17, 15) is 9.59 Å². The SMILES string of the molecule is CN(C)CCCNC(=O)c1ccc(NC(=O)c2ccc3n[nH]nc3c2)cc1. The molecule has 3 rings (SSSR count). The number of carbonyl (C=O) groups excluding carboxylic acids is 2. The van der Waals surface area contributed by atoms with Gasteiger partial charge in [-0.15, -0.1) is 0 Å². The van der Waals surface area contributed by atoms with Gasteiger partial charge in [0, 0.05) is 23.4 Å². The molecule has 0 radical (unpaired) electrons. The van der Waals surface area contributed by atoms with Gasteiger partial charge in [-0.05, 0) is 69.5 Å². The molecular weight excluding hydrogens is 344 g/mol. The Kier molecular flexibility index (Phi) is 5.77.